The average molecular weight is 296 g/mol. The minimum Gasteiger partial charge on any atom is -0.465 e. The Kier molecular flexibility index (Phi) is 10.3. The minimum absolute atomic E-state index is 0.0979. The average Bonchev–Trinajstić information content (AvgIpc) is 2.39. The first-order valence-corrected chi connectivity index (χ1v) is 8.17. The van der Waals surface area contributed by atoms with Crippen LogP contribution in [0.15, 0.2) is 0 Å². The van der Waals surface area contributed by atoms with Crippen LogP contribution in [0.1, 0.15) is 59.3 Å². The van der Waals surface area contributed by atoms with Crippen molar-refractivity contribution in [2.24, 2.45) is 0 Å². The lowest BCUT2D eigenvalue weighted by Gasteiger charge is -2.16. The maximum absolute atomic E-state index is 13.0. The summed E-state index contributed by atoms with van der Waals surface area (Å²) >= 11 is 1.45. The number of esters is 1. The summed E-state index contributed by atoms with van der Waals surface area (Å²) in [7, 11) is 0. The van der Waals surface area contributed by atoms with Crippen LogP contribution in [-0.2, 0) is 9.53 Å². The van der Waals surface area contributed by atoms with Crippen molar-refractivity contribution in [2.75, 3.05) is 12.4 Å². The number of ether oxygens (including phenoxy) is 1. The van der Waals surface area contributed by atoms with Gasteiger partial charge < -0.3 is 4.74 Å². The molecule has 0 N–H and O–H groups in total. The van der Waals surface area contributed by atoms with E-state index in [0.29, 0.717) is 18.8 Å². The fourth-order valence-corrected chi connectivity index (χ4v) is 2.76. The summed E-state index contributed by atoms with van der Waals surface area (Å²) in [4.78, 5) is 11.7. The zero-order chi connectivity index (χ0) is 14.7. The first-order chi connectivity index (χ1) is 8.96. The van der Waals surface area contributed by atoms with Gasteiger partial charge in [0.05, 0.1) is 6.61 Å². The summed E-state index contributed by atoms with van der Waals surface area (Å²) in [6, 6.07) is 0. The molecule has 1 atom stereocenters. The van der Waals surface area contributed by atoms with Crippen LogP contribution >= 0.6 is 11.8 Å². The van der Waals surface area contributed by atoms with Gasteiger partial charge in [-0.2, -0.15) is 0 Å². The Bertz CT molecular complexity index is 248. The van der Waals surface area contributed by atoms with E-state index < -0.39 is 5.92 Å². The van der Waals surface area contributed by atoms with Crippen molar-refractivity contribution < 1.29 is 18.3 Å². The van der Waals surface area contributed by atoms with Crippen molar-refractivity contribution in [1.29, 1.82) is 0 Å². The Morgan fingerprint density at radius 3 is 2.47 bits per heavy atom. The van der Waals surface area contributed by atoms with E-state index in [-0.39, 0.29) is 24.1 Å². The Morgan fingerprint density at radius 1 is 1.26 bits per heavy atom. The van der Waals surface area contributed by atoms with Gasteiger partial charge in [-0.15, -0.1) is 11.8 Å². The van der Waals surface area contributed by atoms with Gasteiger partial charge in [0.1, 0.15) is 5.25 Å². The van der Waals surface area contributed by atoms with Gasteiger partial charge in [0.2, 0.25) is 5.92 Å². The van der Waals surface area contributed by atoms with Crippen molar-refractivity contribution in [3.63, 3.8) is 0 Å². The van der Waals surface area contributed by atoms with E-state index >= 15 is 0 Å². The number of hydrogen-bond donors (Lipinski definition) is 0. The number of thioether (sulfide) groups is 1. The molecule has 0 aliphatic carbocycles. The highest BCUT2D eigenvalue weighted by molar-refractivity contribution is 8.00. The van der Waals surface area contributed by atoms with Crippen LogP contribution in [-0.4, -0.2) is 29.5 Å². The molecule has 0 aromatic heterocycles. The van der Waals surface area contributed by atoms with Gasteiger partial charge in [0.25, 0.3) is 0 Å². The van der Waals surface area contributed by atoms with Crippen molar-refractivity contribution >= 4 is 17.7 Å². The SMILES string of the molecule is CCCOC(=O)C(CCC)SCCCC(F)(F)CC. The zero-order valence-corrected chi connectivity index (χ0v) is 13.0. The molecule has 0 amide bonds. The molecule has 0 aliphatic rings. The highest BCUT2D eigenvalue weighted by Gasteiger charge is 2.26. The lowest BCUT2D eigenvalue weighted by molar-refractivity contribution is -0.143. The van der Waals surface area contributed by atoms with Crippen LogP contribution in [0.25, 0.3) is 0 Å². The fourth-order valence-electron chi connectivity index (χ4n) is 1.56. The van der Waals surface area contributed by atoms with Crippen molar-refractivity contribution in [3.05, 3.63) is 0 Å². The number of carbonyl (C=O) groups excluding carboxylic acids is 1. The van der Waals surface area contributed by atoms with Crippen LogP contribution in [0, 0.1) is 0 Å². The maximum Gasteiger partial charge on any atom is 0.319 e. The molecule has 0 spiro atoms. The summed E-state index contributed by atoms with van der Waals surface area (Å²) in [6.45, 7) is 5.89. The summed E-state index contributed by atoms with van der Waals surface area (Å²) in [5, 5.41) is -0.202. The van der Waals surface area contributed by atoms with Crippen LogP contribution in [0.3, 0.4) is 0 Å². The third-order valence-corrected chi connectivity index (χ3v) is 4.14. The molecule has 0 heterocycles. The van der Waals surface area contributed by atoms with Crippen molar-refractivity contribution in [3.8, 4) is 0 Å². The number of rotatable bonds is 11. The largest absolute Gasteiger partial charge is 0.465 e. The van der Waals surface area contributed by atoms with Crippen LogP contribution in [0.2, 0.25) is 0 Å². The molecule has 5 heteroatoms. The molecular formula is C14H26F2O2S. The topological polar surface area (TPSA) is 26.3 Å². The smallest absolute Gasteiger partial charge is 0.319 e. The molecule has 0 aromatic carbocycles. The lowest BCUT2D eigenvalue weighted by Crippen LogP contribution is -2.21. The molecule has 1 unspecified atom stereocenters. The second-order valence-electron chi connectivity index (χ2n) is 4.63. The van der Waals surface area contributed by atoms with E-state index in [9.17, 15) is 13.6 Å². The van der Waals surface area contributed by atoms with Gasteiger partial charge in [-0.3, -0.25) is 4.79 Å². The summed E-state index contributed by atoms with van der Waals surface area (Å²) in [5.74, 6) is -2.18. The second kappa shape index (κ2) is 10.5. The van der Waals surface area contributed by atoms with Crippen molar-refractivity contribution in [1.82, 2.24) is 0 Å². The van der Waals surface area contributed by atoms with E-state index in [1.807, 2.05) is 13.8 Å². The minimum atomic E-state index is -2.57. The first-order valence-electron chi connectivity index (χ1n) is 7.12. The predicted molar refractivity (Wildman–Crippen MR) is 76.9 cm³/mol. The van der Waals surface area contributed by atoms with Gasteiger partial charge in [0, 0.05) is 12.8 Å². The summed E-state index contributed by atoms with van der Waals surface area (Å²) < 4.78 is 31.2. The Balaban J connectivity index is 3.97. The number of hydrogen-bond acceptors (Lipinski definition) is 3. The number of carbonyl (C=O) groups is 1. The molecule has 0 aliphatic heterocycles. The normalized spacial score (nSPS) is 13.3. The molecular weight excluding hydrogens is 270 g/mol. The number of halogens is 2. The van der Waals surface area contributed by atoms with E-state index in [1.54, 1.807) is 0 Å². The predicted octanol–water partition coefficient (Wildman–Crippen LogP) is 4.67. The lowest BCUT2D eigenvalue weighted by atomic mass is 10.1. The molecule has 0 saturated heterocycles. The Morgan fingerprint density at radius 2 is 1.95 bits per heavy atom. The highest BCUT2D eigenvalue weighted by Crippen LogP contribution is 2.26. The molecule has 0 saturated carbocycles. The van der Waals surface area contributed by atoms with Crippen LogP contribution in [0.4, 0.5) is 8.78 Å². The van der Waals surface area contributed by atoms with E-state index in [4.69, 9.17) is 4.74 Å². The van der Waals surface area contributed by atoms with Gasteiger partial charge in [-0.05, 0) is 25.0 Å². The van der Waals surface area contributed by atoms with Gasteiger partial charge in [0.15, 0.2) is 0 Å². The third kappa shape index (κ3) is 9.25. The van der Waals surface area contributed by atoms with Crippen LogP contribution in [0.5, 0.6) is 0 Å². The Hall–Kier alpha value is -0.320. The molecule has 0 fully saturated rings. The van der Waals surface area contributed by atoms with E-state index in [1.165, 1.54) is 18.7 Å². The second-order valence-corrected chi connectivity index (χ2v) is 5.94. The van der Waals surface area contributed by atoms with Crippen LogP contribution < -0.4 is 0 Å². The standard InChI is InChI=1S/C14H26F2O2S/c1-4-8-12(13(17)18-10-5-2)19-11-7-9-14(15,16)6-3/h12H,4-11H2,1-3H3. The molecule has 0 rings (SSSR count). The molecule has 0 radical (unpaired) electrons. The Labute approximate surface area is 119 Å². The molecule has 2 nitrogen and oxygen atoms in total. The van der Waals surface area contributed by atoms with Crippen molar-refractivity contribution in [2.45, 2.75) is 70.5 Å². The summed E-state index contributed by atoms with van der Waals surface area (Å²) in [5.41, 5.74) is 0. The maximum atomic E-state index is 13.0. The first kappa shape index (κ1) is 18.7. The van der Waals surface area contributed by atoms with E-state index in [2.05, 4.69) is 0 Å². The monoisotopic (exact) mass is 296 g/mol. The molecule has 19 heavy (non-hydrogen) atoms. The van der Waals surface area contributed by atoms with Gasteiger partial charge >= 0.3 is 5.97 Å². The fraction of sp³-hybridized carbons (Fsp3) is 0.929. The van der Waals surface area contributed by atoms with E-state index in [0.717, 1.165) is 19.3 Å². The zero-order valence-electron chi connectivity index (χ0n) is 12.2. The quantitative estimate of drug-likeness (QED) is 0.409. The third-order valence-electron chi connectivity index (χ3n) is 2.79. The van der Waals surface area contributed by atoms with Gasteiger partial charge in [-0.25, -0.2) is 8.78 Å². The molecule has 0 bridgehead atoms. The molecule has 0 aromatic rings. The summed E-state index contributed by atoms with van der Waals surface area (Å²) in [6.07, 6.45) is 2.67. The van der Waals surface area contributed by atoms with Gasteiger partial charge in [-0.1, -0.05) is 27.2 Å². The molecule has 114 valence electrons. The number of alkyl halides is 2. The highest BCUT2D eigenvalue weighted by atomic mass is 32.2.